The predicted molar refractivity (Wildman–Crippen MR) is 46.1 cm³/mol. The molecule has 0 aliphatic carbocycles. The van der Waals surface area contributed by atoms with Gasteiger partial charge in [-0.25, -0.2) is 4.98 Å². The van der Waals surface area contributed by atoms with Gasteiger partial charge in [-0.05, 0) is 0 Å². The fourth-order valence-electron chi connectivity index (χ4n) is 1.20. The first-order chi connectivity index (χ1) is 6.38. The minimum atomic E-state index is -4.40. The first-order valence-electron chi connectivity index (χ1n) is 3.81. The highest BCUT2D eigenvalue weighted by molar-refractivity contribution is 6.30. The normalized spacial score (nSPS) is 14.4. The van der Waals surface area contributed by atoms with Crippen molar-refractivity contribution in [3.05, 3.63) is 17.2 Å². The summed E-state index contributed by atoms with van der Waals surface area (Å²) in [5.41, 5.74) is 4.97. The Hall–Kier alpha value is -0.750. The van der Waals surface area contributed by atoms with Crippen LogP contribution in [0.4, 0.5) is 13.2 Å². The lowest BCUT2D eigenvalue weighted by Gasteiger charge is -2.19. The van der Waals surface area contributed by atoms with E-state index in [0.717, 1.165) is 0 Å². The van der Waals surface area contributed by atoms with Crippen LogP contribution in [-0.4, -0.2) is 22.3 Å². The van der Waals surface area contributed by atoms with Gasteiger partial charge in [-0.1, -0.05) is 11.6 Å². The van der Waals surface area contributed by atoms with E-state index in [1.807, 2.05) is 0 Å². The number of imidazole rings is 1. The van der Waals surface area contributed by atoms with Gasteiger partial charge in [0.25, 0.3) is 0 Å². The van der Waals surface area contributed by atoms with E-state index in [1.165, 1.54) is 17.9 Å². The second kappa shape index (κ2) is 3.78. The minimum absolute atomic E-state index is 0.0957. The SMILES string of the molecule is Cn1cnc(Cl)c1C(CN)C(F)(F)F. The molecule has 1 unspecified atom stereocenters. The van der Waals surface area contributed by atoms with Crippen LogP contribution in [-0.2, 0) is 7.05 Å². The van der Waals surface area contributed by atoms with Gasteiger partial charge in [-0.3, -0.25) is 0 Å². The molecule has 1 atom stereocenters. The highest BCUT2D eigenvalue weighted by Crippen LogP contribution is 2.36. The highest BCUT2D eigenvalue weighted by Gasteiger charge is 2.42. The van der Waals surface area contributed by atoms with Crippen LogP contribution in [0.25, 0.3) is 0 Å². The number of rotatable bonds is 2. The van der Waals surface area contributed by atoms with Gasteiger partial charge in [0.05, 0.1) is 12.0 Å². The summed E-state index contributed by atoms with van der Waals surface area (Å²) >= 11 is 5.54. The zero-order valence-electron chi connectivity index (χ0n) is 7.35. The minimum Gasteiger partial charge on any atom is -0.336 e. The third kappa shape index (κ3) is 2.01. The molecule has 80 valence electrons. The second-order valence-corrected chi connectivity index (χ2v) is 3.22. The van der Waals surface area contributed by atoms with Crippen LogP contribution in [0, 0.1) is 0 Å². The standard InChI is InChI=1S/C7H9ClF3N3/c1-14-3-13-6(8)5(14)4(2-12)7(9,10)11/h3-4H,2,12H2,1H3. The van der Waals surface area contributed by atoms with E-state index in [4.69, 9.17) is 17.3 Å². The largest absolute Gasteiger partial charge is 0.398 e. The summed E-state index contributed by atoms with van der Waals surface area (Å²) in [4.78, 5) is 3.57. The molecule has 1 rings (SSSR count). The van der Waals surface area contributed by atoms with Gasteiger partial charge in [0.15, 0.2) is 5.15 Å². The molecule has 0 spiro atoms. The summed E-state index contributed by atoms with van der Waals surface area (Å²) in [5.74, 6) is -1.76. The molecule has 14 heavy (non-hydrogen) atoms. The lowest BCUT2D eigenvalue weighted by atomic mass is 10.1. The number of halogens is 4. The smallest absolute Gasteiger partial charge is 0.336 e. The molecule has 0 bridgehead atoms. The number of aryl methyl sites for hydroxylation is 1. The maximum Gasteiger partial charge on any atom is 0.398 e. The first kappa shape index (κ1) is 11.3. The van der Waals surface area contributed by atoms with Crippen molar-refractivity contribution in [2.45, 2.75) is 12.1 Å². The van der Waals surface area contributed by atoms with Crippen LogP contribution in [0.3, 0.4) is 0 Å². The summed E-state index contributed by atoms with van der Waals surface area (Å²) in [6.07, 6.45) is -3.17. The molecule has 0 saturated carbocycles. The Kier molecular flexibility index (Phi) is 3.06. The molecule has 3 nitrogen and oxygen atoms in total. The van der Waals surface area contributed by atoms with Crippen LogP contribution in [0.5, 0.6) is 0 Å². The van der Waals surface area contributed by atoms with Crippen molar-refractivity contribution in [3.63, 3.8) is 0 Å². The fourth-order valence-corrected chi connectivity index (χ4v) is 1.51. The Morgan fingerprint density at radius 3 is 2.50 bits per heavy atom. The van der Waals surface area contributed by atoms with Gasteiger partial charge < -0.3 is 10.3 Å². The van der Waals surface area contributed by atoms with Gasteiger partial charge >= 0.3 is 6.18 Å². The van der Waals surface area contributed by atoms with E-state index >= 15 is 0 Å². The van der Waals surface area contributed by atoms with E-state index in [2.05, 4.69) is 4.98 Å². The van der Waals surface area contributed by atoms with Gasteiger partial charge in [0.1, 0.15) is 5.92 Å². The first-order valence-corrected chi connectivity index (χ1v) is 4.19. The molecule has 0 fully saturated rings. The zero-order chi connectivity index (χ0) is 10.9. The molecule has 0 aliphatic rings. The lowest BCUT2D eigenvalue weighted by molar-refractivity contribution is -0.149. The average Bonchev–Trinajstić information content (AvgIpc) is 2.34. The molecular formula is C7H9ClF3N3. The number of alkyl halides is 3. The molecule has 0 radical (unpaired) electrons. The summed E-state index contributed by atoms with van der Waals surface area (Å²) < 4.78 is 38.6. The molecule has 2 N–H and O–H groups in total. The summed E-state index contributed by atoms with van der Waals surface area (Å²) in [7, 11) is 1.45. The van der Waals surface area contributed by atoms with E-state index < -0.39 is 18.6 Å². The molecule has 1 aromatic heterocycles. The van der Waals surface area contributed by atoms with Crippen molar-refractivity contribution in [2.24, 2.45) is 12.8 Å². The van der Waals surface area contributed by atoms with Crippen LogP contribution < -0.4 is 5.73 Å². The van der Waals surface area contributed by atoms with Crippen molar-refractivity contribution in [2.75, 3.05) is 6.54 Å². The van der Waals surface area contributed by atoms with Crippen molar-refractivity contribution in [1.29, 1.82) is 0 Å². The maximum atomic E-state index is 12.5. The Morgan fingerprint density at radius 1 is 1.64 bits per heavy atom. The molecule has 0 aromatic carbocycles. The molecule has 1 aromatic rings. The van der Waals surface area contributed by atoms with Gasteiger partial charge in [0.2, 0.25) is 0 Å². The number of nitrogens with zero attached hydrogens (tertiary/aromatic N) is 2. The van der Waals surface area contributed by atoms with Crippen molar-refractivity contribution in [1.82, 2.24) is 9.55 Å². The highest BCUT2D eigenvalue weighted by atomic mass is 35.5. The van der Waals surface area contributed by atoms with Crippen LogP contribution in [0.1, 0.15) is 11.6 Å². The fraction of sp³-hybridized carbons (Fsp3) is 0.571. The van der Waals surface area contributed by atoms with Gasteiger partial charge in [-0.15, -0.1) is 0 Å². The molecule has 7 heteroatoms. The molecule has 0 saturated heterocycles. The molecule has 1 heterocycles. The van der Waals surface area contributed by atoms with Crippen LogP contribution in [0.2, 0.25) is 5.15 Å². The van der Waals surface area contributed by atoms with E-state index in [0.29, 0.717) is 0 Å². The second-order valence-electron chi connectivity index (χ2n) is 2.86. The van der Waals surface area contributed by atoms with Crippen LogP contribution >= 0.6 is 11.6 Å². The molecule has 0 amide bonds. The third-order valence-corrected chi connectivity index (χ3v) is 2.19. The lowest BCUT2D eigenvalue weighted by Crippen LogP contribution is -2.29. The number of nitrogens with two attached hydrogens (primary N) is 1. The summed E-state index contributed by atoms with van der Waals surface area (Å²) in [6, 6.07) is 0. The van der Waals surface area contributed by atoms with Crippen molar-refractivity contribution in [3.8, 4) is 0 Å². The Labute approximate surface area is 83.7 Å². The Balaban J connectivity index is 3.13. The van der Waals surface area contributed by atoms with Gasteiger partial charge in [-0.2, -0.15) is 13.2 Å². The zero-order valence-corrected chi connectivity index (χ0v) is 8.10. The summed E-state index contributed by atoms with van der Waals surface area (Å²) in [5, 5.41) is -0.153. The monoisotopic (exact) mass is 227 g/mol. The van der Waals surface area contributed by atoms with Crippen molar-refractivity contribution >= 4 is 11.6 Å². The summed E-state index contributed by atoms with van der Waals surface area (Å²) in [6.45, 7) is -0.539. The number of hydrogen-bond donors (Lipinski definition) is 1. The molecule has 0 aliphatic heterocycles. The van der Waals surface area contributed by atoms with Crippen LogP contribution in [0.15, 0.2) is 6.33 Å². The topological polar surface area (TPSA) is 43.8 Å². The maximum absolute atomic E-state index is 12.5. The third-order valence-electron chi connectivity index (χ3n) is 1.90. The van der Waals surface area contributed by atoms with Gasteiger partial charge in [0, 0.05) is 13.6 Å². The Bertz CT molecular complexity index is 301. The van der Waals surface area contributed by atoms with E-state index in [1.54, 1.807) is 0 Å². The quantitative estimate of drug-likeness (QED) is 0.836. The predicted octanol–water partition coefficient (Wildman–Crippen LogP) is 1.68. The molecular weight excluding hydrogens is 219 g/mol. The van der Waals surface area contributed by atoms with E-state index in [9.17, 15) is 13.2 Å². The van der Waals surface area contributed by atoms with E-state index in [-0.39, 0.29) is 10.8 Å². The number of aromatic nitrogens is 2. The van der Waals surface area contributed by atoms with Crippen molar-refractivity contribution < 1.29 is 13.2 Å². The number of hydrogen-bond acceptors (Lipinski definition) is 2. The average molecular weight is 228 g/mol. The Morgan fingerprint density at radius 2 is 2.21 bits per heavy atom.